The first-order valence-corrected chi connectivity index (χ1v) is 12.4. The van der Waals surface area contributed by atoms with Crippen molar-refractivity contribution in [3.63, 3.8) is 0 Å². The van der Waals surface area contributed by atoms with Crippen molar-refractivity contribution in [1.82, 2.24) is 10.4 Å². The van der Waals surface area contributed by atoms with Crippen molar-refractivity contribution in [1.29, 1.82) is 0 Å². The number of hydrazone groups is 1. The molecule has 0 aliphatic rings. The van der Waals surface area contributed by atoms with Gasteiger partial charge in [0.2, 0.25) is 0 Å². The molecule has 5 aromatic rings. The normalized spacial score (nSPS) is 11.1. The lowest BCUT2D eigenvalue weighted by atomic mass is 10.0. The van der Waals surface area contributed by atoms with E-state index in [0.29, 0.717) is 43.4 Å². The van der Waals surface area contributed by atoms with Crippen LogP contribution in [0.25, 0.3) is 22.0 Å². The van der Waals surface area contributed by atoms with Gasteiger partial charge in [0.05, 0.1) is 16.8 Å². The van der Waals surface area contributed by atoms with Crippen molar-refractivity contribution >= 4 is 52.2 Å². The lowest BCUT2D eigenvalue weighted by Crippen LogP contribution is -2.19. The molecule has 2 N–H and O–H groups in total. The van der Waals surface area contributed by atoms with Gasteiger partial charge in [0.25, 0.3) is 5.91 Å². The maximum Gasteiger partial charge on any atom is 0.343 e. The first-order valence-electron chi connectivity index (χ1n) is 11.7. The third kappa shape index (κ3) is 5.32. The van der Waals surface area contributed by atoms with Gasteiger partial charge in [-0.25, -0.2) is 10.2 Å². The summed E-state index contributed by atoms with van der Waals surface area (Å²) in [6, 6.07) is 26.8. The van der Waals surface area contributed by atoms with E-state index in [0.717, 1.165) is 11.1 Å². The highest BCUT2D eigenvalue weighted by Gasteiger charge is 2.21. The van der Waals surface area contributed by atoms with E-state index in [1.54, 1.807) is 48.5 Å². The molecule has 38 heavy (non-hydrogen) atoms. The Labute approximate surface area is 228 Å². The fourth-order valence-electron chi connectivity index (χ4n) is 4.06. The molecule has 0 atom stereocenters. The van der Waals surface area contributed by atoms with Crippen molar-refractivity contribution < 1.29 is 14.3 Å². The number of carbonyl (C=O) groups excluding carboxylic acids is 2. The minimum absolute atomic E-state index is 0.284. The summed E-state index contributed by atoms with van der Waals surface area (Å²) in [7, 11) is 0. The number of hydrogen-bond donors (Lipinski definition) is 2. The zero-order valence-corrected chi connectivity index (χ0v) is 21.7. The number of halogens is 2. The Morgan fingerprint density at radius 3 is 2.39 bits per heavy atom. The molecule has 0 bridgehead atoms. The van der Waals surface area contributed by atoms with Gasteiger partial charge in [0.1, 0.15) is 11.4 Å². The SMILES string of the molecule is Cc1ccc(C(=O)Oc2ccccc2C=NNC(=O)c2[nH]c3cc(Cl)cc(Cl)c3c2-c2ccccc2)cc1. The van der Waals surface area contributed by atoms with Crippen LogP contribution in [0.15, 0.2) is 96.1 Å². The van der Waals surface area contributed by atoms with Crippen molar-refractivity contribution in [2.75, 3.05) is 0 Å². The molecule has 1 aromatic heterocycles. The molecule has 0 aliphatic carbocycles. The number of amides is 1. The number of aryl methyl sites for hydroxylation is 1. The largest absolute Gasteiger partial charge is 0.422 e. The Balaban J connectivity index is 1.41. The smallest absolute Gasteiger partial charge is 0.343 e. The molecule has 4 aromatic carbocycles. The minimum Gasteiger partial charge on any atom is -0.422 e. The van der Waals surface area contributed by atoms with Crippen molar-refractivity contribution in [2.45, 2.75) is 6.92 Å². The van der Waals surface area contributed by atoms with Gasteiger partial charge in [0.15, 0.2) is 0 Å². The molecule has 0 saturated heterocycles. The lowest BCUT2D eigenvalue weighted by molar-refractivity contribution is 0.0734. The monoisotopic (exact) mass is 541 g/mol. The highest BCUT2D eigenvalue weighted by molar-refractivity contribution is 6.40. The highest BCUT2D eigenvalue weighted by atomic mass is 35.5. The van der Waals surface area contributed by atoms with Crippen LogP contribution in [0, 0.1) is 6.92 Å². The van der Waals surface area contributed by atoms with Crippen LogP contribution in [0.3, 0.4) is 0 Å². The molecular weight excluding hydrogens is 521 g/mol. The Hall–Kier alpha value is -4.39. The Kier molecular flexibility index (Phi) is 7.26. The molecule has 0 unspecified atom stereocenters. The van der Waals surface area contributed by atoms with E-state index in [2.05, 4.69) is 15.5 Å². The second-order valence-corrected chi connectivity index (χ2v) is 9.39. The van der Waals surface area contributed by atoms with Crippen molar-refractivity contribution in [3.05, 3.63) is 123 Å². The summed E-state index contributed by atoms with van der Waals surface area (Å²) in [5, 5.41) is 5.68. The summed E-state index contributed by atoms with van der Waals surface area (Å²) < 4.78 is 5.58. The average molecular weight is 542 g/mol. The summed E-state index contributed by atoms with van der Waals surface area (Å²) in [5.74, 6) is -0.651. The zero-order chi connectivity index (χ0) is 26.6. The number of benzene rings is 4. The van der Waals surface area contributed by atoms with Crippen LogP contribution in [-0.4, -0.2) is 23.1 Å². The minimum atomic E-state index is -0.490. The Morgan fingerprint density at radius 1 is 0.921 bits per heavy atom. The molecule has 1 amide bonds. The van der Waals surface area contributed by atoms with Crippen LogP contribution >= 0.6 is 23.2 Å². The number of carbonyl (C=O) groups is 2. The van der Waals surface area contributed by atoms with Gasteiger partial charge in [-0.05, 0) is 48.9 Å². The number of H-pyrrole nitrogens is 1. The number of aromatic amines is 1. The standard InChI is InChI=1S/C30H21Cl2N3O3/c1-18-11-13-20(14-12-18)30(37)38-25-10-6-5-9-21(25)17-33-35-29(36)28-26(19-7-3-2-4-8-19)27-23(32)15-22(31)16-24(27)34-28/h2-17,34H,1H3,(H,35,36). The van der Waals surface area contributed by atoms with Crippen LogP contribution in [0.5, 0.6) is 5.75 Å². The van der Waals surface area contributed by atoms with Gasteiger partial charge in [-0.15, -0.1) is 0 Å². The molecule has 0 fully saturated rings. The van der Waals surface area contributed by atoms with E-state index in [1.807, 2.05) is 49.4 Å². The molecule has 0 saturated carbocycles. The topological polar surface area (TPSA) is 83.5 Å². The van der Waals surface area contributed by atoms with Crippen LogP contribution < -0.4 is 10.2 Å². The van der Waals surface area contributed by atoms with Gasteiger partial charge in [0, 0.05) is 27.1 Å². The Morgan fingerprint density at radius 2 is 1.63 bits per heavy atom. The first-order chi connectivity index (χ1) is 18.4. The average Bonchev–Trinajstić information content (AvgIpc) is 3.30. The van der Waals surface area contributed by atoms with Gasteiger partial charge < -0.3 is 9.72 Å². The number of rotatable bonds is 6. The predicted molar refractivity (Wildman–Crippen MR) is 151 cm³/mol. The number of para-hydroxylation sites is 1. The highest BCUT2D eigenvalue weighted by Crippen LogP contribution is 2.38. The van der Waals surface area contributed by atoms with Gasteiger partial charge in [-0.1, -0.05) is 83.4 Å². The van der Waals surface area contributed by atoms with E-state index in [1.165, 1.54) is 6.21 Å². The van der Waals surface area contributed by atoms with E-state index in [-0.39, 0.29) is 5.69 Å². The maximum absolute atomic E-state index is 13.3. The van der Waals surface area contributed by atoms with Crippen LogP contribution in [-0.2, 0) is 0 Å². The molecule has 188 valence electrons. The number of esters is 1. The summed E-state index contributed by atoms with van der Waals surface area (Å²) in [6.45, 7) is 1.94. The second kappa shape index (κ2) is 10.9. The molecule has 0 spiro atoms. The van der Waals surface area contributed by atoms with E-state index >= 15 is 0 Å². The third-order valence-electron chi connectivity index (χ3n) is 5.88. The Bertz CT molecular complexity index is 1680. The fourth-order valence-corrected chi connectivity index (χ4v) is 4.65. The fraction of sp³-hybridized carbons (Fsp3) is 0.0333. The zero-order valence-electron chi connectivity index (χ0n) is 20.2. The van der Waals surface area contributed by atoms with Crippen LogP contribution in [0.4, 0.5) is 0 Å². The number of hydrogen-bond acceptors (Lipinski definition) is 4. The quantitative estimate of drug-likeness (QED) is 0.101. The van der Waals surface area contributed by atoms with Gasteiger partial charge in [-0.2, -0.15) is 5.10 Å². The molecule has 0 radical (unpaired) electrons. The number of nitrogens with zero attached hydrogens (tertiary/aromatic N) is 1. The van der Waals surface area contributed by atoms with Crippen molar-refractivity contribution in [3.8, 4) is 16.9 Å². The summed E-state index contributed by atoms with van der Waals surface area (Å²) >= 11 is 12.7. The number of aromatic nitrogens is 1. The van der Waals surface area contributed by atoms with Crippen LogP contribution in [0.1, 0.15) is 32.0 Å². The van der Waals surface area contributed by atoms with Crippen molar-refractivity contribution in [2.24, 2.45) is 5.10 Å². The maximum atomic E-state index is 13.3. The van der Waals surface area contributed by atoms with E-state index in [9.17, 15) is 9.59 Å². The molecule has 8 heteroatoms. The number of fused-ring (bicyclic) bond motifs is 1. The van der Waals surface area contributed by atoms with Crippen LogP contribution in [0.2, 0.25) is 10.0 Å². The third-order valence-corrected chi connectivity index (χ3v) is 6.40. The summed E-state index contributed by atoms with van der Waals surface area (Å²) in [6.07, 6.45) is 1.42. The molecular formula is C30H21Cl2N3O3. The predicted octanol–water partition coefficient (Wildman–Crippen LogP) is 7.43. The van der Waals surface area contributed by atoms with E-state index in [4.69, 9.17) is 27.9 Å². The number of ether oxygens (including phenoxy) is 1. The molecule has 6 nitrogen and oxygen atoms in total. The first kappa shape index (κ1) is 25.3. The van der Waals surface area contributed by atoms with Gasteiger partial charge >= 0.3 is 5.97 Å². The van der Waals surface area contributed by atoms with Gasteiger partial charge in [-0.3, -0.25) is 4.79 Å². The molecule has 5 rings (SSSR count). The number of nitrogens with one attached hydrogen (secondary N) is 2. The second-order valence-electron chi connectivity index (χ2n) is 8.54. The molecule has 0 aliphatic heterocycles. The van der Waals surface area contributed by atoms with E-state index < -0.39 is 11.9 Å². The summed E-state index contributed by atoms with van der Waals surface area (Å²) in [5.41, 5.74) is 6.91. The molecule has 1 heterocycles. The lowest BCUT2D eigenvalue weighted by Gasteiger charge is -2.08. The summed E-state index contributed by atoms with van der Waals surface area (Å²) in [4.78, 5) is 29.0.